The average molecular weight is 509 g/mol. The van der Waals surface area contributed by atoms with Gasteiger partial charge in [0.15, 0.2) is 17.3 Å². The number of hydrogen-bond acceptors (Lipinski definition) is 3. The van der Waals surface area contributed by atoms with Crippen molar-refractivity contribution in [3.63, 3.8) is 0 Å². The van der Waals surface area contributed by atoms with Gasteiger partial charge in [-0.3, -0.25) is 0 Å². The number of aryl methyl sites for hydroxylation is 1. The molecular weight excluding hydrogens is 491 g/mol. The van der Waals surface area contributed by atoms with Gasteiger partial charge >= 0.3 is 0 Å². The second-order valence-corrected chi connectivity index (χ2v) is 7.35. The Labute approximate surface area is 185 Å². The van der Waals surface area contributed by atoms with Gasteiger partial charge in [0.2, 0.25) is 5.69 Å². The van der Waals surface area contributed by atoms with Crippen molar-refractivity contribution < 1.29 is 33.3 Å². The lowest BCUT2D eigenvalue weighted by molar-refractivity contribution is -0.599. The maximum atomic E-state index is 6.05. The van der Waals surface area contributed by atoms with Crippen LogP contribution in [0.25, 0.3) is 11.8 Å². The van der Waals surface area contributed by atoms with Gasteiger partial charge < -0.3 is 33.6 Å². The number of allylic oxidation sites excluding steroid dienone is 2. The molecule has 0 aliphatic carbocycles. The fraction of sp³-hybridized carbons (Fsp3) is 0.0952. The summed E-state index contributed by atoms with van der Waals surface area (Å²) in [7, 11) is 1.98. The van der Waals surface area contributed by atoms with Crippen LogP contribution in [0.1, 0.15) is 10.7 Å². The summed E-state index contributed by atoms with van der Waals surface area (Å²) in [6.07, 6.45) is 6.09. The minimum atomic E-state index is 0. The second kappa shape index (κ2) is 8.46. The summed E-state index contributed by atoms with van der Waals surface area (Å²) >= 11 is 7.77. The van der Waals surface area contributed by atoms with Crippen molar-refractivity contribution in [1.29, 1.82) is 0 Å². The van der Waals surface area contributed by atoms with Crippen LogP contribution in [0.2, 0.25) is 5.02 Å². The molecule has 3 aromatic rings. The molecule has 6 heteroatoms. The molecule has 0 amide bonds. The molecule has 0 saturated carbocycles. The van der Waals surface area contributed by atoms with Crippen molar-refractivity contribution in [3.05, 3.63) is 87.7 Å². The van der Waals surface area contributed by atoms with Crippen LogP contribution in [0, 0.1) is 6.92 Å². The summed E-state index contributed by atoms with van der Waals surface area (Å²) in [5.74, 6) is 1.56. The standard InChI is InChI=1S/C21H18ClN2OS.HI/c1-15-14-26-21(24(15)17-7-4-3-5-8-17)10-6-9-20-23(2)18-12-11-16(22)13-19(18)25-20;/h3-14H,1-2H3;1H/q+1;/p-1. The van der Waals surface area contributed by atoms with E-state index in [0.29, 0.717) is 5.02 Å². The topological polar surface area (TPSA) is 16.4 Å². The Morgan fingerprint density at radius 2 is 1.93 bits per heavy atom. The Morgan fingerprint density at radius 3 is 2.70 bits per heavy atom. The van der Waals surface area contributed by atoms with Crippen molar-refractivity contribution in [3.8, 4) is 11.4 Å². The normalized spacial score (nSPS) is 14.3. The molecule has 138 valence electrons. The Morgan fingerprint density at radius 1 is 1.15 bits per heavy atom. The number of fused-ring (bicyclic) bond motifs is 1. The van der Waals surface area contributed by atoms with E-state index in [1.807, 2.05) is 48.4 Å². The van der Waals surface area contributed by atoms with Crippen molar-refractivity contribution in [2.45, 2.75) is 6.92 Å². The summed E-state index contributed by atoms with van der Waals surface area (Å²) in [5.41, 5.74) is 3.39. The van der Waals surface area contributed by atoms with E-state index in [0.717, 1.165) is 28.0 Å². The monoisotopic (exact) mass is 508 g/mol. The highest BCUT2D eigenvalue weighted by molar-refractivity contribution is 7.10. The van der Waals surface area contributed by atoms with Crippen LogP contribution in [-0.4, -0.2) is 7.05 Å². The minimum Gasteiger partial charge on any atom is -1.00 e. The van der Waals surface area contributed by atoms with Crippen LogP contribution in [0.15, 0.2) is 71.9 Å². The molecule has 4 rings (SSSR count). The van der Waals surface area contributed by atoms with Gasteiger partial charge in [-0.1, -0.05) is 41.1 Å². The number of ether oxygens (including phenoxy) is 1. The molecule has 0 bridgehead atoms. The molecule has 0 saturated heterocycles. The average Bonchev–Trinajstić information content (AvgIpc) is 3.16. The molecule has 0 radical (unpaired) electrons. The zero-order valence-electron chi connectivity index (χ0n) is 14.9. The van der Waals surface area contributed by atoms with E-state index in [2.05, 4.69) is 47.2 Å². The predicted molar refractivity (Wildman–Crippen MR) is 108 cm³/mol. The van der Waals surface area contributed by atoms with Crippen LogP contribution in [0.4, 0.5) is 5.69 Å². The van der Waals surface area contributed by atoms with Crippen LogP contribution < -0.4 is 38.2 Å². The number of aromatic nitrogens is 1. The van der Waals surface area contributed by atoms with Gasteiger partial charge in [0.05, 0.1) is 11.1 Å². The maximum Gasteiger partial charge on any atom is 0.267 e. The van der Waals surface area contributed by atoms with Crippen LogP contribution in [0.3, 0.4) is 0 Å². The molecule has 2 aromatic carbocycles. The van der Waals surface area contributed by atoms with Gasteiger partial charge in [0.25, 0.3) is 5.01 Å². The van der Waals surface area contributed by atoms with Crippen molar-refractivity contribution in [2.75, 3.05) is 11.9 Å². The molecule has 0 spiro atoms. The summed E-state index contributed by atoms with van der Waals surface area (Å²) < 4.78 is 8.15. The lowest BCUT2D eigenvalue weighted by Gasteiger charge is -2.09. The van der Waals surface area contributed by atoms with Crippen molar-refractivity contribution >= 4 is 34.7 Å². The quantitative estimate of drug-likeness (QED) is 0.399. The fourth-order valence-electron chi connectivity index (χ4n) is 2.95. The van der Waals surface area contributed by atoms with Crippen LogP contribution in [0.5, 0.6) is 5.75 Å². The van der Waals surface area contributed by atoms with Gasteiger partial charge in [0.1, 0.15) is 0 Å². The zero-order valence-corrected chi connectivity index (χ0v) is 18.6. The summed E-state index contributed by atoms with van der Waals surface area (Å²) in [6.45, 7) is 2.12. The Kier molecular flexibility index (Phi) is 6.24. The molecule has 1 aliphatic rings. The van der Waals surface area contributed by atoms with E-state index < -0.39 is 0 Å². The Bertz CT molecular complexity index is 1010. The molecule has 0 N–H and O–H groups in total. The van der Waals surface area contributed by atoms with Gasteiger partial charge in [-0.25, -0.2) is 0 Å². The highest BCUT2D eigenvalue weighted by Crippen LogP contribution is 2.39. The Balaban J connectivity index is 0.00000210. The fourth-order valence-corrected chi connectivity index (χ4v) is 4.02. The number of hydrogen-bond donors (Lipinski definition) is 0. The SMILES string of the molecule is Cc1csc(/C=C/C=C2\Oc3cc(Cl)ccc3N2C)[n+]1-c1ccccc1.[I-]. The van der Waals surface area contributed by atoms with E-state index in [9.17, 15) is 0 Å². The number of benzene rings is 2. The van der Waals surface area contributed by atoms with E-state index in [1.165, 1.54) is 5.69 Å². The first-order chi connectivity index (χ1) is 12.6. The third-order valence-corrected chi connectivity index (χ3v) is 5.50. The van der Waals surface area contributed by atoms with Crippen LogP contribution >= 0.6 is 22.9 Å². The molecule has 1 aromatic heterocycles. The lowest BCUT2D eigenvalue weighted by atomic mass is 10.3. The molecule has 0 fully saturated rings. The first-order valence-electron chi connectivity index (χ1n) is 8.28. The predicted octanol–water partition coefficient (Wildman–Crippen LogP) is 2.37. The van der Waals surface area contributed by atoms with Gasteiger partial charge in [0, 0.05) is 43.3 Å². The smallest absolute Gasteiger partial charge is 0.267 e. The van der Waals surface area contributed by atoms with E-state index in [4.69, 9.17) is 16.3 Å². The Hall–Kier alpha value is -1.83. The molecule has 1 aliphatic heterocycles. The molecular formula is C21H18ClIN2OS. The van der Waals surface area contributed by atoms with Gasteiger partial charge in [-0.05, 0) is 24.3 Å². The van der Waals surface area contributed by atoms with Crippen molar-refractivity contribution in [1.82, 2.24) is 0 Å². The van der Waals surface area contributed by atoms with E-state index >= 15 is 0 Å². The van der Waals surface area contributed by atoms with E-state index in [1.54, 1.807) is 11.3 Å². The second-order valence-electron chi connectivity index (χ2n) is 6.02. The third-order valence-electron chi connectivity index (χ3n) is 4.24. The molecule has 0 atom stereocenters. The largest absolute Gasteiger partial charge is 1.00 e. The number of para-hydroxylation sites is 1. The zero-order chi connectivity index (χ0) is 18.1. The minimum absolute atomic E-state index is 0. The third kappa shape index (κ3) is 4.05. The van der Waals surface area contributed by atoms with E-state index in [-0.39, 0.29) is 24.0 Å². The number of thiazole rings is 1. The number of anilines is 1. The van der Waals surface area contributed by atoms with Gasteiger partial charge in [-0.2, -0.15) is 0 Å². The number of nitrogens with zero attached hydrogens (tertiary/aromatic N) is 2. The first-order valence-corrected chi connectivity index (χ1v) is 9.54. The highest BCUT2D eigenvalue weighted by Gasteiger charge is 2.22. The van der Waals surface area contributed by atoms with Crippen LogP contribution in [-0.2, 0) is 0 Å². The highest BCUT2D eigenvalue weighted by atomic mass is 127. The number of rotatable bonds is 3. The number of halogens is 2. The summed E-state index contributed by atoms with van der Waals surface area (Å²) in [6, 6.07) is 16.0. The molecule has 3 nitrogen and oxygen atoms in total. The maximum absolute atomic E-state index is 6.05. The van der Waals surface area contributed by atoms with Crippen molar-refractivity contribution in [2.24, 2.45) is 0 Å². The molecule has 27 heavy (non-hydrogen) atoms. The molecule has 2 heterocycles. The lowest BCUT2D eigenvalue weighted by Crippen LogP contribution is -3.00. The molecule has 0 unspecified atom stereocenters. The summed E-state index contributed by atoms with van der Waals surface area (Å²) in [5, 5.41) is 3.99. The van der Waals surface area contributed by atoms with Gasteiger partial charge in [-0.15, -0.1) is 4.57 Å². The summed E-state index contributed by atoms with van der Waals surface area (Å²) in [4.78, 5) is 2.01. The first kappa shape index (κ1) is 19.9.